The van der Waals surface area contributed by atoms with Crippen LogP contribution in [0.4, 0.5) is 11.4 Å². The average molecular weight is 715 g/mol. The molecule has 11 rings (SSSR count). The summed E-state index contributed by atoms with van der Waals surface area (Å²) in [6.07, 6.45) is 9.20. The van der Waals surface area contributed by atoms with Crippen molar-refractivity contribution in [2.24, 2.45) is 0 Å². The Morgan fingerprint density at radius 3 is 1.62 bits per heavy atom. The van der Waals surface area contributed by atoms with Gasteiger partial charge in [0.2, 0.25) is 0 Å². The van der Waals surface area contributed by atoms with Gasteiger partial charge in [-0.3, -0.25) is 0 Å². The molecule has 8 aromatic carbocycles. The molecular weight excluding hydrogens is 677 g/mol. The Balaban J connectivity index is 1.11. The number of aromatic nitrogens is 1. The van der Waals surface area contributed by atoms with Crippen LogP contribution in [-0.2, 0) is 0 Å². The standard InChI is InChI=1S/C54H38N2/c1-4-16-37(17-5-1)40-30-32-43(33-31-40)55-49-26-12-10-22-47(49)53-45(24-14-28-51(53)55)46-25-15-29-52-54(46)48-23-11-13-27-50(48)56(52)44-35-41(38-18-6-2-7-19-38)34-42(36-44)39-20-8-3-9-21-39/h1-36,47,49H. The van der Waals surface area contributed by atoms with Gasteiger partial charge in [-0.25, -0.2) is 0 Å². The zero-order valence-electron chi connectivity index (χ0n) is 30.8. The van der Waals surface area contributed by atoms with Gasteiger partial charge in [0.1, 0.15) is 0 Å². The highest BCUT2D eigenvalue weighted by Gasteiger charge is 2.39. The monoisotopic (exact) mass is 714 g/mol. The highest BCUT2D eigenvalue weighted by atomic mass is 15.2. The summed E-state index contributed by atoms with van der Waals surface area (Å²) in [5.74, 6) is 0.222. The second-order valence-corrected chi connectivity index (χ2v) is 14.9. The van der Waals surface area contributed by atoms with Crippen molar-refractivity contribution in [2.45, 2.75) is 12.0 Å². The Morgan fingerprint density at radius 1 is 0.375 bits per heavy atom. The fraction of sp³-hybridized carbons (Fsp3) is 0.0370. The van der Waals surface area contributed by atoms with Crippen LogP contribution in [0.15, 0.2) is 218 Å². The van der Waals surface area contributed by atoms with Crippen LogP contribution in [0, 0.1) is 0 Å². The molecule has 0 saturated carbocycles. The molecule has 2 unspecified atom stereocenters. The Labute approximate surface area is 327 Å². The van der Waals surface area contributed by atoms with Crippen molar-refractivity contribution >= 4 is 33.2 Å². The fourth-order valence-electron chi connectivity index (χ4n) is 9.23. The summed E-state index contributed by atoms with van der Waals surface area (Å²) in [4.78, 5) is 2.54. The lowest BCUT2D eigenvalue weighted by Crippen LogP contribution is -2.28. The second-order valence-electron chi connectivity index (χ2n) is 14.9. The predicted molar refractivity (Wildman–Crippen MR) is 236 cm³/mol. The molecule has 1 aromatic heterocycles. The van der Waals surface area contributed by atoms with Gasteiger partial charge >= 0.3 is 0 Å². The first-order chi connectivity index (χ1) is 27.8. The molecule has 0 bridgehead atoms. The van der Waals surface area contributed by atoms with Gasteiger partial charge in [0.15, 0.2) is 0 Å². The van der Waals surface area contributed by atoms with Gasteiger partial charge in [-0.2, -0.15) is 0 Å². The summed E-state index contributed by atoms with van der Waals surface area (Å²) >= 11 is 0. The number of hydrogen-bond donors (Lipinski definition) is 0. The van der Waals surface area contributed by atoms with Crippen molar-refractivity contribution in [3.8, 4) is 50.2 Å². The molecule has 2 heteroatoms. The summed E-state index contributed by atoms with van der Waals surface area (Å²) in [6.45, 7) is 0. The third-order valence-corrected chi connectivity index (χ3v) is 11.7. The lowest BCUT2D eigenvalue weighted by molar-refractivity contribution is 0.745. The second kappa shape index (κ2) is 13.3. The van der Waals surface area contributed by atoms with E-state index in [4.69, 9.17) is 0 Å². The van der Waals surface area contributed by atoms with Gasteiger partial charge in [-0.05, 0) is 98.6 Å². The number of hydrogen-bond acceptors (Lipinski definition) is 1. The minimum Gasteiger partial charge on any atom is -0.333 e. The van der Waals surface area contributed by atoms with Gasteiger partial charge in [0, 0.05) is 33.8 Å². The first-order valence-electron chi connectivity index (χ1n) is 19.5. The lowest BCUT2D eigenvalue weighted by atomic mass is 9.85. The molecule has 0 amide bonds. The first-order valence-corrected chi connectivity index (χ1v) is 19.5. The molecule has 1 aliphatic heterocycles. The van der Waals surface area contributed by atoms with Crippen LogP contribution < -0.4 is 4.90 Å². The van der Waals surface area contributed by atoms with E-state index < -0.39 is 0 Å². The minimum absolute atomic E-state index is 0.191. The van der Waals surface area contributed by atoms with Gasteiger partial charge in [-0.15, -0.1) is 0 Å². The van der Waals surface area contributed by atoms with Crippen molar-refractivity contribution in [1.29, 1.82) is 0 Å². The molecule has 0 spiro atoms. The van der Waals surface area contributed by atoms with Gasteiger partial charge < -0.3 is 9.47 Å². The molecule has 264 valence electrons. The van der Waals surface area contributed by atoms with Gasteiger partial charge in [-0.1, -0.05) is 170 Å². The maximum absolute atomic E-state index is 2.54. The molecule has 0 saturated heterocycles. The maximum Gasteiger partial charge on any atom is 0.0629 e. The number of nitrogens with zero attached hydrogens (tertiary/aromatic N) is 2. The summed E-state index contributed by atoms with van der Waals surface area (Å²) in [6, 6.07) is 71.1. The van der Waals surface area contributed by atoms with Crippen molar-refractivity contribution in [1.82, 2.24) is 4.57 Å². The minimum atomic E-state index is 0.191. The van der Waals surface area contributed by atoms with E-state index in [1.807, 2.05) is 0 Å². The van der Waals surface area contributed by atoms with Crippen LogP contribution in [0.1, 0.15) is 11.5 Å². The average Bonchev–Trinajstić information content (AvgIpc) is 3.81. The molecule has 2 atom stereocenters. The fourth-order valence-corrected chi connectivity index (χ4v) is 9.23. The largest absolute Gasteiger partial charge is 0.333 e. The number of benzene rings is 8. The van der Waals surface area contributed by atoms with E-state index in [0.29, 0.717) is 0 Å². The van der Waals surface area contributed by atoms with Crippen molar-refractivity contribution < 1.29 is 0 Å². The van der Waals surface area contributed by atoms with E-state index in [1.54, 1.807) is 0 Å². The highest BCUT2D eigenvalue weighted by Crippen LogP contribution is 2.52. The molecule has 2 heterocycles. The zero-order valence-corrected chi connectivity index (χ0v) is 30.8. The molecule has 9 aromatic rings. The van der Waals surface area contributed by atoms with Gasteiger partial charge in [0.05, 0.1) is 17.1 Å². The number of rotatable bonds is 6. The Hall–Kier alpha value is -7.16. The molecule has 1 aliphatic carbocycles. The summed E-state index contributed by atoms with van der Waals surface area (Å²) in [7, 11) is 0. The smallest absolute Gasteiger partial charge is 0.0629 e. The molecule has 2 aliphatic rings. The van der Waals surface area contributed by atoms with E-state index in [2.05, 4.69) is 228 Å². The zero-order chi connectivity index (χ0) is 37.0. The number of para-hydroxylation sites is 1. The van der Waals surface area contributed by atoms with Gasteiger partial charge in [0.25, 0.3) is 0 Å². The molecule has 56 heavy (non-hydrogen) atoms. The summed E-state index contributed by atoms with van der Waals surface area (Å²) in [5.41, 5.74) is 17.2. The molecule has 0 radical (unpaired) electrons. The van der Waals surface area contributed by atoms with Crippen LogP contribution in [-0.4, -0.2) is 10.6 Å². The predicted octanol–water partition coefficient (Wildman–Crippen LogP) is 14.2. The maximum atomic E-state index is 2.54. The molecule has 0 N–H and O–H groups in total. The summed E-state index contributed by atoms with van der Waals surface area (Å²) < 4.78 is 2.48. The third kappa shape index (κ3) is 5.26. The van der Waals surface area contributed by atoms with E-state index in [9.17, 15) is 0 Å². The van der Waals surface area contributed by atoms with Crippen molar-refractivity contribution in [3.05, 3.63) is 224 Å². The number of allylic oxidation sites excluding steroid dienone is 2. The number of anilines is 2. The van der Waals surface area contributed by atoms with Crippen LogP contribution in [0.5, 0.6) is 0 Å². The number of fused-ring (bicyclic) bond motifs is 6. The topological polar surface area (TPSA) is 8.17 Å². The Morgan fingerprint density at radius 2 is 0.929 bits per heavy atom. The van der Waals surface area contributed by atoms with Crippen LogP contribution in [0.3, 0.4) is 0 Å². The Kier molecular flexibility index (Phi) is 7.67. The SMILES string of the molecule is C1=CC2c3c(-c4cccc5c4c4ccccc4n5-c4cc(-c5ccccc5)cc(-c5ccccc5)c4)cccc3N(c3ccc(-c4ccccc4)cc3)C2C=C1. The lowest BCUT2D eigenvalue weighted by Gasteiger charge is -2.28. The van der Waals surface area contributed by atoms with Crippen LogP contribution in [0.2, 0.25) is 0 Å². The molecular formula is C54H38N2. The van der Waals surface area contributed by atoms with Crippen molar-refractivity contribution in [2.75, 3.05) is 4.90 Å². The third-order valence-electron chi connectivity index (χ3n) is 11.7. The first kappa shape index (κ1) is 32.3. The van der Waals surface area contributed by atoms with E-state index in [1.165, 1.54) is 83.3 Å². The van der Waals surface area contributed by atoms with E-state index in [0.717, 1.165) is 5.69 Å². The molecule has 2 nitrogen and oxygen atoms in total. The van der Waals surface area contributed by atoms with E-state index >= 15 is 0 Å². The Bertz CT molecular complexity index is 2900. The molecule has 0 fully saturated rings. The highest BCUT2D eigenvalue weighted by molar-refractivity contribution is 6.16. The van der Waals surface area contributed by atoms with Crippen LogP contribution in [0.25, 0.3) is 72.0 Å². The normalized spacial score (nSPS) is 15.7. The van der Waals surface area contributed by atoms with Crippen molar-refractivity contribution in [3.63, 3.8) is 0 Å². The summed E-state index contributed by atoms with van der Waals surface area (Å²) in [5, 5.41) is 2.53. The van der Waals surface area contributed by atoms with E-state index in [-0.39, 0.29) is 12.0 Å². The quantitative estimate of drug-likeness (QED) is 0.166. The van der Waals surface area contributed by atoms with Crippen LogP contribution >= 0.6 is 0 Å².